The highest BCUT2D eigenvalue weighted by molar-refractivity contribution is 6.03. The molecular formula is C21H16F3N5O3. The van der Waals surface area contributed by atoms with E-state index in [9.17, 15) is 27.9 Å². The summed E-state index contributed by atoms with van der Waals surface area (Å²) in [5, 5.41) is 14.8. The lowest BCUT2D eigenvalue weighted by molar-refractivity contribution is -0.138. The highest BCUT2D eigenvalue weighted by Crippen LogP contribution is 2.32. The first-order chi connectivity index (χ1) is 15.0. The Morgan fingerprint density at radius 3 is 2.69 bits per heavy atom. The number of pyridine rings is 1. The van der Waals surface area contributed by atoms with Crippen LogP contribution in [-0.4, -0.2) is 55.8 Å². The lowest BCUT2D eigenvalue weighted by atomic mass is 10.0. The van der Waals surface area contributed by atoms with Gasteiger partial charge in [-0.05, 0) is 30.3 Å². The molecule has 2 aromatic heterocycles. The second-order valence-corrected chi connectivity index (χ2v) is 7.35. The second-order valence-electron chi connectivity index (χ2n) is 7.35. The van der Waals surface area contributed by atoms with Gasteiger partial charge in [-0.2, -0.15) is 18.3 Å². The summed E-state index contributed by atoms with van der Waals surface area (Å²) in [5.41, 5.74) is 2.16. The number of aliphatic hydroxyl groups is 1. The number of rotatable bonds is 2. The van der Waals surface area contributed by atoms with Crippen molar-refractivity contribution in [2.75, 3.05) is 13.6 Å². The van der Waals surface area contributed by atoms with Crippen LogP contribution in [0.15, 0.2) is 36.5 Å². The zero-order chi connectivity index (χ0) is 23.3. The summed E-state index contributed by atoms with van der Waals surface area (Å²) < 4.78 is 41.8. The summed E-state index contributed by atoms with van der Waals surface area (Å²) >= 11 is 0. The summed E-state index contributed by atoms with van der Waals surface area (Å²) in [4.78, 5) is 29.2. The van der Waals surface area contributed by atoms with Crippen LogP contribution in [0.25, 0.3) is 16.7 Å². The third-order valence-corrected chi connectivity index (χ3v) is 5.09. The van der Waals surface area contributed by atoms with Crippen LogP contribution in [0.5, 0.6) is 0 Å². The van der Waals surface area contributed by atoms with E-state index in [1.165, 1.54) is 30.3 Å². The van der Waals surface area contributed by atoms with Crippen LogP contribution in [-0.2, 0) is 11.0 Å². The van der Waals surface area contributed by atoms with Crippen molar-refractivity contribution < 1.29 is 27.9 Å². The number of aromatic nitrogens is 3. The van der Waals surface area contributed by atoms with Crippen molar-refractivity contribution in [2.45, 2.75) is 18.2 Å². The number of halogens is 3. The van der Waals surface area contributed by atoms with Gasteiger partial charge in [0.25, 0.3) is 11.8 Å². The van der Waals surface area contributed by atoms with Gasteiger partial charge >= 0.3 is 6.18 Å². The molecule has 0 aliphatic carbocycles. The Kier molecular flexibility index (Phi) is 4.90. The van der Waals surface area contributed by atoms with Crippen molar-refractivity contribution in [1.82, 2.24) is 19.7 Å². The van der Waals surface area contributed by atoms with Crippen molar-refractivity contribution in [3.05, 3.63) is 53.3 Å². The average molecular weight is 443 g/mol. The molecule has 1 aliphatic heterocycles. The van der Waals surface area contributed by atoms with Crippen LogP contribution in [0.1, 0.15) is 28.0 Å². The lowest BCUT2D eigenvalue weighted by Crippen LogP contribution is -2.37. The molecule has 1 saturated heterocycles. The number of benzene rings is 1. The Morgan fingerprint density at radius 2 is 2.06 bits per heavy atom. The molecule has 164 valence electrons. The van der Waals surface area contributed by atoms with Gasteiger partial charge in [0, 0.05) is 31.8 Å². The molecule has 0 saturated carbocycles. The molecule has 0 bridgehead atoms. The van der Waals surface area contributed by atoms with E-state index >= 15 is 0 Å². The molecule has 4 rings (SSSR count). The van der Waals surface area contributed by atoms with Gasteiger partial charge in [-0.3, -0.25) is 9.59 Å². The molecule has 1 aromatic carbocycles. The normalized spacial score (nSPS) is 18.7. The number of hydrogen-bond acceptors (Lipinski definition) is 5. The van der Waals surface area contributed by atoms with E-state index < -0.39 is 29.2 Å². The second kappa shape index (κ2) is 7.35. The molecule has 1 atom stereocenters. The predicted molar refractivity (Wildman–Crippen MR) is 106 cm³/mol. The minimum atomic E-state index is -4.71. The van der Waals surface area contributed by atoms with Crippen LogP contribution >= 0.6 is 0 Å². The van der Waals surface area contributed by atoms with E-state index in [1.807, 2.05) is 0 Å². The lowest BCUT2D eigenvalue weighted by Gasteiger charge is -2.13. The SMILES string of the molecule is CN1CCC(O)(C#Cc2cc(-n3nc(C(N)=O)c4cccnc43)cc(C(F)(F)F)c2)C1=O. The molecule has 11 heteroatoms. The number of nitrogens with zero attached hydrogens (tertiary/aromatic N) is 4. The molecule has 0 spiro atoms. The van der Waals surface area contributed by atoms with E-state index in [4.69, 9.17) is 5.73 Å². The monoisotopic (exact) mass is 443 g/mol. The summed E-state index contributed by atoms with van der Waals surface area (Å²) in [6, 6.07) is 6.00. The number of carbonyl (C=O) groups is 2. The number of carbonyl (C=O) groups excluding carboxylic acids is 2. The number of likely N-dealkylation sites (N-methyl/N-ethyl adjacent to an activating group) is 1. The minimum Gasteiger partial charge on any atom is -0.369 e. The number of fused-ring (bicyclic) bond motifs is 1. The zero-order valence-corrected chi connectivity index (χ0v) is 16.6. The van der Waals surface area contributed by atoms with Crippen LogP contribution in [0, 0.1) is 11.8 Å². The molecular weight excluding hydrogens is 427 g/mol. The molecule has 1 unspecified atom stereocenters. The van der Waals surface area contributed by atoms with E-state index in [2.05, 4.69) is 21.9 Å². The van der Waals surface area contributed by atoms with E-state index in [-0.39, 0.29) is 40.9 Å². The zero-order valence-electron chi connectivity index (χ0n) is 16.6. The van der Waals surface area contributed by atoms with Crippen LogP contribution < -0.4 is 5.73 Å². The minimum absolute atomic E-state index is 0.0385. The summed E-state index contributed by atoms with van der Waals surface area (Å²) in [5.74, 6) is 3.40. The Bertz CT molecular complexity index is 1320. The number of likely N-dealkylation sites (tertiary alicyclic amines) is 1. The van der Waals surface area contributed by atoms with Crippen molar-refractivity contribution in [3.63, 3.8) is 0 Å². The van der Waals surface area contributed by atoms with Crippen LogP contribution in [0.2, 0.25) is 0 Å². The van der Waals surface area contributed by atoms with Crippen molar-refractivity contribution >= 4 is 22.8 Å². The Balaban J connectivity index is 1.89. The molecule has 1 fully saturated rings. The Morgan fingerprint density at radius 1 is 1.31 bits per heavy atom. The number of amides is 2. The molecule has 3 N–H and O–H groups in total. The standard InChI is InChI=1S/C21H16F3N5O3/c1-28-8-6-20(32,19(28)31)5-4-12-9-13(21(22,23)24)11-14(10-12)29-18-15(3-2-7-26-18)16(27-29)17(25)30/h2-3,7,9-11,32H,6,8H2,1H3,(H2,25,30). The van der Waals surface area contributed by atoms with E-state index in [0.29, 0.717) is 0 Å². The smallest absolute Gasteiger partial charge is 0.369 e. The number of hydrogen-bond donors (Lipinski definition) is 2. The molecule has 3 heterocycles. The first-order valence-electron chi connectivity index (χ1n) is 9.37. The van der Waals surface area contributed by atoms with E-state index in [0.717, 1.165) is 16.8 Å². The fraction of sp³-hybridized carbons (Fsp3) is 0.238. The first-order valence-corrected chi connectivity index (χ1v) is 9.37. The molecule has 3 aromatic rings. The first kappa shape index (κ1) is 21.3. The fourth-order valence-corrected chi connectivity index (χ4v) is 3.43. The van der Waals surface area contributed by atoms with Gasteiger partial charge in [0.1, 0.15) is 0 Å². The highest BCUT2D eigenvalue weighted by atomic mass is 19.4. The van der Waals surface area contributed by atoms with Crippen molar-refractivity contribution in [2.24, 2.45) is 5.73 Å². The summed E-state index contributed by atoms with van der Waals surface area (Å²) in [6.07, 6.45) is -3.27. The molecule has 32 heavy (non-hydrogen) atoms. The highest BCUT2D eigenvalue weighted by Gasteiger charge is 2.42. The van der Waals surface area contributed by atoms with Crippen LogP contribution in [0.3, 0.4) is 0 Å². The molecule has 2 amide bonds. The topological polar surface area (TPSA) is 114 Å². The quantitative estimate of drug-likeness (QED) is 0.583. The van der Waals surface area contributed by atoms with Gasteiger partial charge in [-0.25, -0.2) is 9.67 Å². The Labute approximate surface area is 179 Å². The third-order valence-electron chi connectivity index (χ3n) is 5.09. The predicted octanol–water partition coefficient (Wildman–Crippen LogP) is 1.48. The summed E-state index contributed by atoms with van der Waals surface area (Å²) in [6.45, 7) is 0.276. The maximum absolute atomic E-state index is 13.6. The fourth-order valence-electron chi connectivity index (χ4n) is 3.43. The van der Waals surface area contributed by atoms with E-state index in [1.54, 1.807) is 6.07 Å². The summed E-state index contributed by atoms with van der Waals surface area (Å²) in [7, 11) is 1.50. The number of primary amides is 1. The maximum Gasteiger partial charge on any atom is 0.416 e. The van der Waals surface area contributed by atoms with Gasteiger partial charge in [-0.1, -0.05) is 11.8 Å². The van der Waals surface area contributed by atoms with Crippen molar-refractivity contribution in [3.8, 4) is 17.5 Å². The van der Waals surface area contributed by atoms with Crippen LogP contribution in [0.4, 0.5) is 13.2 Å². The molecule has 1 aliphatic rings. The van der Waals surface area contributed by atoms with Gasteiger partial charge < -0.3 is 15.7 Å². The third kappa shape index (κ3) is 3.65. The maximum atomic E-state index is 13.6. The van der Waals surface area contributed by atoms with Crippen molar-refractivity contribution in [1.29, 1.82) is 0 Å². The number of nitrogens with two attached hydrogens (primary N) is 1. The van der Waals surface area contributed by atoms with Gasteiger partial charge in [-0.15, -0.1) is 0 Å². The molecule has 0 radical (unpaired) electrons. The largest absolute Gasteiger partial charge is 0.416 e. The average Bonchev–Trinajstić information content (AvgIpc) is 3.26. The Hall–Kier alpha value is -3.91. The van der Waals surface area contributed by atoms with Gasteiger partial charge in [0.2, 0.25) is 5.60 Å². The van der Waals surface area contributed by atoms with Gasteiger partial charge in [0.05, 0.1) is 16.6 Å². The van der Waals surface area contributed by atoms with Gasteiger partial charge in [0.15, 0.2) is 11.3 Å². The number of alkyl halides is 3. The molecule has 8 nitrogen and oxygen atoms in total.